The van der Waals surface area contributed by atoms with Gasteiger partial charge in [0, 0.05) is 10.9 Å². The summed E-state index contributed by atoms with van der Waals surface area (Å²) < 4.78 is 10.4. The van der Waals surface area contributed by atoms with Gasteiger partial charge in [0.1, 0.15) is 10.6 Å². The fraction of sp³-hybridized carbons (Fsp3) is 0.269. The van der Waals surface area contributed by atoms with Crippen molar-refractivity contribution in [3.05, 3.63) is 76.7 Å². The molecule has 0 saturated carbocycles. The van der Waals surface area contributed by atoms with Crippen LogP contribution in [0.25, 0.3) is 11.1 Å². The number of amides is 1. The van der Waals surface area contributed by atoms with Crippen molar-refractivity contribution in [2.75, 3.05) is 18.5 Å². The molecule has 6 nitrogen and oxygen atoms in total. The fourth-order valence-electron chi connectivity index (χ4n) is 3.17. The van der Waals surface area contributed by atoms with E-state index >= 15 is 0 Å². The molecule has 1 amide bonds. The molecule has 0 unspecified atom stereocenters. The Kier molecular flexibility index (Phi) is 7.66. The Morgan fingerprint density at radius 1 is 0.909 bits per heavy atom. The van der Waals surface area contributed by atoms with Gasteiger partial charge in [-0.25, -0.2) is 9.59 Å². The van der Waals surface area contributed by atoms with Gasteiger partial charge >= 0.3 is 11.9 Å². The molecule has 7 heteroatoms. The average molecular weight is 466 g/mol. The second-order valence-corrected chi connectivity index (χ2v) is 9.27. The summed E-state index contributed by atoms with van der Waals surface area (Å²) in [6.45, 7) is 7.72. The number of esters is 2. The molecule has 2 aromatic carbocycles. The molecule has 1 N–H and O–H groups in total. The normalized spacial score (nSPS) is 11.0. The van der Waals surface area contributed by atoms with E-state index in [0.29, 0.717) is 16.1 Å². The summed E-state index contributed by atoms with van der Waals surface area (Å²) >= 11 is 1.21. The van der Waals surface area contributed by atoms with Crippen molar-refractivity contribution >= 4 is 34.2 Å². The Bertz CT molecular complexity index is 1130. The Balaban J connectivity index is 1.69. The lowest BCUT2D eigenvalue weighted by Crippen LogP contribution is -2.22. The van der Waals surface area contributed by atoms with Gasteiger partial charge in [0.2, 0.25) is 0 Å². The first kappa shape index (κ1) is 24.2. The zero-order valence-corrected chi connectivity index (χ0v) is 20.0. The third-order valence-corrected chi connectivity index (χ3v) is 5.82. The van der Waals surface area contributed by atoms with Crippen LogP contribution in [0.4, 0.5) is 5.00 Å². The van der Waals surface area contributed by atoms with E-state index < -0.39 is 24.5 Å². The van der Waals surface area contributed by atoms with Gasteiger partial charge in [-0.15, -0.1) is 11.3 Å². The van der Waals surface area contributed by atoms with E-state index in [0.717, 1.165) is 11.1 Å². The molecule has 3 aromatic rings. The molecule has 0 spiro atoms. The molecule has 0 fully saturated rings. The Morgan fingerprint density at radius 2 is 1.58 bits per heavy atom. The molecule has 0 aliphatic carbocycles. The standard InChI is InChI=1S/C26H27NO5S/c1-5-31-25(30)22-20(17-9-7-6-8-10-17)16-33-23(22)27-21(28)15-32-24(29)18-11-13-19(14-12-18)26(2,3)4/h6-14,16H,5,15H2,1-4H3,(H,27,28). The van der Waals surface area contributed by atoms with Crippen LogP contribution in [-0.4, -0.2) is 31.1 Å². The summed E-state index contributed by atoms with van der Waals surface area (Å²) in [7, 11) is 0. The smallest absolute Gasteiger partial charge is 0.341 e. The van der Waals surface area contributed by atoms with Crippen molar-refractivity contribution in [3.63, 3.8) is 0 Å². The zero-order chi connectivity index (χ0) is 24.0. The molecular formula is C26H27NO5S. The highest BCUT2D eigenvalue weighted by molar-refractivity contribution is 7.15. The summed E-state index contributed by atoms with van der Waals surface area (Å²) in [4.78, 5) is 37.4. The topological polar surface area (TPSA) is 81.7 Å². The van der Waals surface area contributed by atoms with E-state index in [2.05, 4.69) is 26.1 Å². The SMILES string of the molecule is CCOC(=O)c1c(-c2ccccc2)csc1NC(=O)COC(=O)c1ccc(C(C)(C)C)cc1. The van der Waals surface area contributed by atoms with E-state index in [1.54, 1.807) is 24.4 Å². The van der Waals surface area contributed by atoms with Crippen LogP contribution in [0.15, 0.2) is 60.0 Å². The number of benzene rings is 2. The number of thiophene rings is 1. The third-order valence-electron chi connectivity index (χ3n) is 4.93. The van der Waals surface area contributed by atoms with Crippen molar-refractivity contribution in [1.82, 2.24) is 0 Å². The summed E-state index contributed by atoms with van der Waals surface area (Å²) in [5.74, 6) is -1.65. The van der Waals surface area contributed by atoms with Crippen LogP contribution in [0.5, 0.6) is 0 Å². The number of ether oxygens (including phenoxy) is 2. The maximum Gasteiger partial charge on any atom is 0.341 e. The van der Waals surface area contributed by atoms with Gasteiger partial charge in [0.15, 0.2) is 6.61 Å². The van der Waals surface area contributed by atoms with Gasteiger partial charge < -0.3 is 14.8 Å². The van der Waals surface area contributed by atoms with Crippen molar-refractivity contribution in [2.45, 2.75) is 33.1 Å². The minimum absolute atomic E-state index is 0.0295. The first-order chi connectivity index (χ1) is 15.7. The monoisotopic (exact) mass is 465 g/mol. The van der Waals surface area contributed by atoms with Crippen LogP contribution in [-0.2, 0) is 19.7 Å². The summed E-state index contributed by atoms with van der Waals surface area (Å²) in [5, 5.41) is 4.82. The molecule has 1 aromatic heterocycles. The third kappa shape index (κ3) is 6.08. The van der Waals surface area contributed by atoms with Gasteiger partial charge in [-0.2, -0.15) is 0 Å². The molecule has 0 radical (unpaired) electrons. The van der Waals surface area contributed by atoms with Crippen LogP contribution >= 0.6 is 11.3 Å². The van der Waals surface area contributed by atoms with Crippen molar-refractivity contribution < 1.29 is 23.9 Å². The second-order valence-electron chi connectivity index (χ2n) is 8.39. The predicted molar refractivity (Wildman–Crippen MR) is 130 cm³/mol. The number of hydrogen-bond acceptors (Lipinski definition) is 6. The van der Waals surface area contributed by atoms with Gasteiger partial charge in [-0.3, -0.25) is 4.79 Å². The molecule has 0 atom stereocenters. The van der Waals surface area contributed by atoms with Gasteiger partial charge in [-0.1, -0.05) is 63.2 Å². The Hall–Kier alpha value is -3.45. The lowest BCUT2D eigenvalue weighted by atomic mass is 9.87. The number of anilines is 1. The van der Waals surface area contributed by atoms with Crippen molar-refractivity contribution in [3.8, 4) is 11.1 Å². The minimum atomic E-state index is -0.590. The van der Waals surface area contributed by atoms with Gasteiger partial charge in [0.05, 0.1) is 12.2 Å². The molecule has 3 rings (SSSR count). The van der Waals surface area contributed by atoms with Gasteiger partial charge in [0.25, 0.3) is 5.91 Å². The molecule has 1 heterocycles. The van der Waals surface area contributed by atoms with Crippen LogP contribution in [0.3, 0.4) is 0 Å². The highest BCUT2D eigenvalue weighted by Crippen LogP contribution is 2.36. The van der Waals surface area contributed by atoms with Crippen LogP contribution in [0.2, 0.25) is 0 Å². The van der Waals surface area contributed by atoms with Gasteiger partial charge in [-0.05, 0) is 35.6 Å². The van der Waals surface area contributed by atoms with E-state index in [4.69, 9.17) is 9.47 Å². The average Bonchev–Trinajstić information content (AvgIpc) is 3.21. The molecule has 0 aliphatic heterocycles. The lowest BCUT2D eigenvalue weighted by Gasteiger charge is -2.18. The first-order valence-corrected chi connectivity index (χ1v) is 11.5. The largest absolute Gasteiger partial charge is 0.462 e. The predicted octanol–water partition coefficient (Wildman–Crippen LogP) is 5.68. The van der Waals surface area contributed by atoms with Crippen LogP contribution in [0, 0.1) is 0 Å². The molecular weight excluding hydrogens is 438 g/mol. The first-order valence-electron chi connectivity index (χ1n) is 10.6. The molecule has 0 saturated heterocycles. The van der Waals surface area contributed by atoms with Crippen molar-refractivity contribution in [2.24, 2.45) is 0 Å². The number of carbonyl (C=O) groups is 3. The Labute approximate surface area is 197 Å². The molecule has 172 valence electrons. The molecule has 0 aliphatic rings. The number of carbonyl (C=O) groups excluding carboxylic acids is 3. The summed E-state index contributed by atoms with van der Waals surface area (Å²) in [6.07, 6.45) is 0. The summed E-state index contributed by atoms with van der Waals surface area (Å²) in [5.41, 5.74) is 3.22. The maximum atomic E-state index is 12.6. The second kappa shape index (κ2) is 10.4. The molecule has 0 bridgehead atoms. The maximum absolute atomic E-state index is 12.6. The lowest BCUT2D eigenvalue weighted by molar-refractivity contribution is -0.119. The highest BCUT2D eigenvalue weighted by atomic mass is 32.1. The van der Waals surface area contributed by atoms with Crippen molar-refractivity contribution in [1.29, 1.82) is 0 Å². The number of nitrogens with one attached hydrogen (secondary N) is 1. The molecule has 33 heavy (non-hydrogen) atoms. The minimum Gasteiger partial charge on any atom is -0.462 e. The fourth-order valence-corrected chi connectivity index (χ4v) is 4.14. The number of hydrogen-bond donors (Lipinski definition) is 1. The van der Waals surface area contributed by atoms with Crippen LogP contribution < -0.4 is 5.32 Å². The number of rotatable bonds is 7. The Morgan fingerprint density at radius 3 is 2.18 bits per heavy atom. The van der Waals surface area contributed by atoms with Crippen LogP contribution in [0.1, 0.15) is 54.0 Å². The zero-order valence-electron chi connectivity index (χ0n) is 19.1. The van der Waals surface area contributed by atoms with E-state index in [9.17, 15) is 14.4 Å². The van der Waals surface area contributed by atoms with E-state index in [-0.39, 0.29) is 17.6 Å². The highest BCUT2D eigenvalue weighted by Gasteiger charge is 2.23. The van der Waals surface area contributed by atoms with E-state index in [1.165, 1.54) is 11.3 Å². The van der Waals surface area contributed by atoms with E-state index in [1.807, 2.05) is 42.5 Å². The quantitative estimate of drug-likeness (QED) is 0.454. The summed E-state index contributed by atoms with van der Waals surface area (Å²) in [6, 6.07) is 16.5.